The lowest BCUT2D eigenvalue weighted by Gasteiger charge is -2.29. The number of fused-ring (bicyclic) bond motifs is 2. The van der Waals surface area contributed by atoms with Gasteiger partial charge in [0.05, 0.1) is 15.9 Å². The number of carboxylic acid groups (broad SMARTS) is 1. The van der Waals surface area contributed by atoms with Crippen molar-refractivity contribution < 1.29 is 24.2 Å². The highest BCUT2D eigenvalue weighted by Gasteiger charge is 2.25. The number of aryl methyl sites for hydroxylation is 1. The van der Waals surface area contributed by atoms with Gasteiger partial charge >= 0.3 is 12.0 Å². The Bertz CT molecular complexity index is 1760. The molecule has 0 saturated carbocycles. The first kappa shape index (κ1) is 27.0. The summed E-state index contributed by atoms with van der Waals surface area (Å²) < 4.78 is 12.3. The molecular weight excluding hydrogens is 554 g/mol. The number of carbonyl (C=O) groups excluding carboxylic acids is 1. The number of carboxylic acids is 1. The number of hydrogen-bond donors (Lipinski definition) is 3. The Hall–Kier alpha value is -5.16. The van der Waals surface area contributed by atoms with E-state index in [1.54, 1.807) is 41.3 Å². The maximum Gasteiger partial charge on any atom is 0.358 e. The summed E-state index contributed by atoms with van der Waals surface area (Å²) in [5.74, 6) is -0.476. The Morgan fingerprint density at radius 3 is 2.67 bits per heavy atom. The molecule has 0 atom stereocenters. The van der Waals surface area contributed by atoms with Gasteiger partial charge in [0.1, 0.15) is 19.0 Å². The number of amides is 2. The van der Waals surface area contributed by atoms with Crippen LogP contribution in [0.4, 0.5) is 21.3 Å². The predicted octanol–water partition coefficient (Wildman–Crippen LogP) is 6.08. The first-order valence-electron chi connectivity index (χ1n) is 13.4. The maximum absolute atomic E-state index is 13.3. The van der Waals surface area contributed by atoms with E-state index in [2.05, 4.69) is 15.3 Å². The molecule has 1 aliphatic rings. The van der Waals surface area contributed by atoms with Crippen molar-refractivity contribution in [1.82, 2.24) is 9.97 Å². The molecule has 1 aliphatic heterocycles. The summed E-state index contributed by atoms with van der Waals surface area (Å²) >= 11 is 1.42. The number of thiazole rings is 1. The van der Waals surface area contributed by atoms with Gasteiger partial charge in [0, 0.05) is 29.5 Å². The van der Waals surface area contributed by atoms with E-state index in [1.807, 2.05) is 42.5 Å². The first-order chi connectivity index (χ1) is 20.4. The normalized spacial score (nSPS) is 12.5. The predicted molar refractivity (Wildman–Crippen MR) is 163 cm³/mol. The summed E-state index contributed by atoms with van der Waals surface area (Å²) in [4.78, 5) is 36.0. The zero-order chi connectivity index (χ0) is 29.1. The van der Waals surface area contributed by atoms with Crippen LogP contribution >= 0.6 is 11.3 Å². The minimum atomic E-state index is -1.21. The number of nitrogens with two attached hydrogens (primary N) is 1. The van der Waals surface area contributed by atoms with E-state index in [0.717, 1.165) is 34.3 Å². The van der Waals surface area contributed by atoms with Crippen molar-refractivity contribution in [3.8, 4) is 22.8 Å². The summed E-state index contributed by atoms with van der Waals surface area (Å²) in [7, 11) is 0. The fraction of sp³-hybridized carbons (Fsp3) is 0.161. The van der Waals surface area contributed by atoms with Gasteiger partial charge in [0.2, 0.25) is 0 Å². The number of pyridine rings is 1. The Labute approximate surface area is 245 Å². The highest BCUT2D eigenvalue weighted by molar-refractivity contribution is 7.22. The Morgan fingerprint density at radius 1 is 0.976 bits per heavy atom. The molecule has 10 nitrogen and oxygen atoms in total. The van der Waals surface area contributed by atoms with Crippen LogP contribution in [0.1, 0.15) is 22.5 Å². The molecule has 0 saturated heterocycles. The molecule has 3 aromatic carbocycles. The third-order valence-corrected chi connectivity index (χ3v) is 7.73. The van der Waals surface area contributed by atoms with E-state index in [4.69, 9.17) is 15.2 Å². The van der Waals surface area contributed by atoms with Crippen LogP contribution in [-0.2, 0) is 6.42 Å². The van der Waals surface area contributed by atoms with E-state index >= 15 is 0 Å². The molecule has 0 fully saturated rings. The second-order valence-electron chi connectivity index (χ2n) is 9.63. The van der Waals surface area contributed by atoms with Gasteiger partial charge in [-0.15, -0.1) is 0 Å². The van der Waals surface area contributed by atoms with Crippen LogP contribution in [0.5, 0.6) is 11.5 Å². The first-order valence-corrected chi connectivity index (χ1v) is 14.2. The number of carbonyl (C=O) groups is 2. The number of para-hydroxylation sites is 1. The summed E-state index contributed by atoms with van der Waals surface area (Å²) in [5, 5.41) is 13.3. The van der Waals surface area contributed by atoms with Crippen molar-refractivity contribution in [1.29, 1.82) is 0 Å². The standard InChI is InChI=1S/C31H27N5O5S/c32-21-6-3-7-22(18-21)40-15-16-41-26-13-12-23(33-28(26)29(37)38)20-11-10-19-5-4-14-36(25(19)17-20)31(39)35-30-34-24-8-1-2-9-27(24)42-30/h1-3,6-13,17-18H,4-5,14-16,32H2,(H,37,38)(H,34,35,39). The molecule has 6 rings (SSSR count). The molecule has 0 unspecified atom stereocenters. The van der Waals surface area contributed by atoms with Crippen molar-refractivity contribution >= 4 is 50.1 Å². The number of nitrogens with zero attached hydrogens (tertiary/aromatic N) is 3. The van der Waals surface area contributed by atoms with Crippen molar-refractivity contribution in [3.05, 3.63) is 90.1 Å². The lowest BCUT2D eigenvalue weighted by molar-refractivity contribution is 0.0684. The summed E-state index contributed by atoms with van der Waals surface area (Å²) in [6, 6.07) is 23.5. The number of ether oxygens (including phenoxy) is 2. The van der Waals surface area contributed by atoms with Crippen LogP contribution < -0.4 is 25.4 Å². The largest absolute Gasteiger partial charge is 0.490 e. The maximum atomic E-state index is 13.3. The third-order valence-electron chi connectivity index (χ3n) is 6.78. The Balaban J connectivity index is 1.19. The van der Waals surface area contributed by atoms with E-state index in [9.17, 15) is 14.7 Å². The highest BCUT2D eigenvalue weighted by Crippen LogP contribution is 2.34. The smallest absolute Gasteiger partial charge is 0.358 e. The summed E-state index contributed by atoms with van der Waals surface area (Å²) in [6.45, 7) is 0.864. The number of benzene rings is 3. The number of urea groups is 1. The molecule has 2 aromatic heterocycles. The Morgan fingerprint density at radius 2 is 1.83 bits per heavy atom. The quantitative estimate of drug-likeness (QED) is 0.148. The summed E-state index contributed by atoms with van der Waals surface area (Å²) in [5.41, 5.74) is 9.91. The number of nitrogen functional groups attached to an aromatic ring is 1. The van der Waals surface area contributed by atoms with Crippen LogP contribution in [0.15, 0.2) is 78.9 Å². The zero-order valence-electron chi connectivity index (χ0n) is 22.4. The van der Waals surface area contributed by atoms with Gasteiger partial charge in [-0.1, -0.05) is 41.7 Å². The average molecular weight is 582 g/mol. The second-order valence-corrected chi connectivity index (χ2v) is 10.7. The van der Waals surface area contributed by atoms with Gasteiger partial charge in [-0.05, 0) is 60.9 Å². The van der Waals surface area contributed by atoms with Crippen LogP contribution in [0, 0.1) is 0 Å². The number of nitrogens with one attached hydrogen (secondary N) is 1. The lowest BCUT2D eigenvalue weighted by atomic mass is 9.98. The van der Waals surface area contributed by atoms with Crippen LogP contribution in [0.25, 0.3) is 21.5 Å². The van der Waals surface area contributed by atoms with Gasteiger partial charge in [0.25, 0.3) is 0 Å². The minimum absolute atomic E-state index is 0.119. The molecule has 212 valence electrons. The van der Waals surface area contributed by atoms with E-state index in [-0.39, 0.29) is 30.7 Å². The van der Waals surface area contributed by atoms with Crippen LogP contribution in [0.2, 0.25) is 0 Å². The molecule has 42 heavy (non-hydrogen) atoms. The average Bonchev–Trinajstić information content (AvgIpc) is 3.41. The number of rotatable bonds is 8. The number of anilines is 3. The van der Waals surface area contributed by atoms with Crippen molar-refractivity contribution in [2.24, 2.45) is 0 Å². The minimum Gasteiger partial charge on any atom is -0.490 e. The molecular formula is C31H27N5O5S. The molecule has 0 bridgehead atoms. The zero-order valence-corrected chi connectivity index (χ0v) is 23.3. The molecule has 11 heteroatoms. The fourth-order valence-corrected chi connectivity index (χ4v) is 5.68. The van der Waals surface area contributed by atoms with Crippen molar-refractivity contribution in [2.45, 2.75) is 12.8 Å². The van der Waals surface area contributed by atoms with Gasteiger partial charge in [-0.25, -0.2) is 19.6 Å². The van der Waals surface area contributed by atoms with E-state index < -0.39 is 5.97 Å². The van der Waals surface area contributed by atoms with E-state index in [0.29, 0.717) is 34.4 Å². The second kappa shape index (κ2) is 11.8. The van der Waals surface area contributed by atoms with Gasteiger partial charge in [-0.3, -0.25) is 10.2 Å². The number of hydrogen-bond acceptors (Lipinski definition) is 8. The van der Waals surface area contributed by atoms with Crippen molar-refractivity contribution in [3.63, 3.8) is 0 Å². The van der Waals surface area contributed by atoms with Crippen LogP contribution in [0.3, 0.4) is 0 Å². The Kier molecular flexibility index (Phi) is 7.56. The third kappa shape index (κ3) is 5.81. The van der Waals surface area contributed by atoms with Crippen LogP contribution in [-0.4, -0.2) is 46.8 Å². The molecule has 5 aromatic rings. The summed E-state index contributed by atoms with van der Waals surface area (Å²) in [6.07, 6.45) is 1.66. The van der Waals surface area contributed by atoms with E-state index in [1.165, 1.54) is 11.3 Å². The molecule has 0 radical (unpaired) electrons. The molecule has 0 aliphatic carbocycles. The molecule has 4 N–H and O–H groups in total. The monoisotopic (exact) mass is 581 g/mol. The molecule has 3 heterocycles. The number of aromatic carboxylic acids is 1. The highest BCUT2D eigenvalue weighted by atomic mass is 32.1. The fourth-order valence-electron chi connectivity index (χ4n) is 4.82. The SMILES string of the molecule is Nc1cccc(OCCOc2ccc(-c3ccc4c(c3)N(C(=O)Nc3nc5ccccc5s3)CCC4)nc2C(=O)O)c1. The molecule has 2 amide bonds. The van der Waals surface area contributed by atoms with Gasteiger partial charge in [-0.2, -0.15) is 0 Å². The lowest BCUT2D eigenvalue weighted by Crippen LogP contribution is -2.38. The van der Waals surface area contributed by atoms with Crippen molar-refractivity contribution in [2.75, 3.05) is 35.7 Å². The number of aromatic nitrogens is 2. The molecule has 0 spiro atoms. The van der Waals surface area contributed by atoms with Gasteiger partial charge in [0.15, 0.2) is 16.6 Å². The topological polar surface area (TPSA) is 140 Å². The van der Waals surface area contributed by atoms with Gasteiger partial charge < -0.3 is 20.3 Å².